The molecule has 0 aromatic heterocycles. The van der Waals surface area contributed by atoms with Gasteiger partial charge >= 0.3 is 0 Å². The van der Waals surface area contributed by atoms with E-state index in [2.05, 4.69) is 0 Å². The zero-order valence-electron chi connectivity index (χ0n) is 10.6. The summed E-state index contributed by atoms with van der Waals surface area (Å²) in [5.41, 5.74) is 1.25. The number of nitrogens with zero attached hydrogens (tertiary/aromatic N) is 1. The molecule has 0 atom stereocenters. The molecule has 1 saturated carbocycles. The quantitative estimate of drug-likeness (QED) is 0.772. The van der Waals surface area contributed by atoms with E-state index >= 15 is 0 Å². The van der Waals surface area contributed by atoms with Crippen LogP contribution in [0.5, 0.6) is 0 Å². The second kappa shape index (κ2) is 5.27. The van der Waals surface area contributed by atoms with E-state index in [1.54, 1.807) is 18.0 Å². The van der Waals surface area contributed by atoms with Crippen molar-refractivity contribution in [3.05, 3.63) is 35.1 Å². The second-order valence-corrected chi connectivity index (χ2v) is 5.70. The summed E-state index contributed by atoms with van der Waals surface area (Å²) in [6.07, 6.45) is 1.92. The summed E-state index contributed by atoms with van der Waals surface area (Å²) in [7, 11) is 1.76. The number of rotatable bonds is 3. The van der Waals surface area contributed by atoms with Crippen LogP contribution in [0.15, 0.2) is 18.2 Å². The third kappa shape index (κ3) is 2.83. The first-order valence-electron chi connectivity index (χ1n) is 6.13. The number of hydrogen-bond acceptors (Lipinski definition) is 1. The summed E-state index contributed by atoms with van der Waals surface area (Å²) in [4.78, 5) is 13.9. The van der Waals surface area contributed by atoms with Gasteiger partial charge < -0.3 is 4.90 Å². The highest BCUT2D eigenvalue weighted by atomic mass is 35.5. The molecule has 1 aliphatic rings. The van der Waals surface area contributed by atoms with E-state index in [-0.39, 0.29) is 17.1 Å². The second-order valence-electron chi connectivity index (χ2n) is 5.08. The predicted molar refractivity (Wildman–Crippen MR) is 70.5 cm³/mol. The molecule has 1 aromatic carbocycles. The van der Waals surface area contributed by atoms with Crippen molar-refractivity contribution in [3.8, 4) is 0 Å². The van der Waals surface area contributed by atoms with Gasteiger partial charge in [-0.05, 0) is 43.4 Å². The number of carbonyl (C=O) groups excluding carboxylic acids is 1. The first kappa shape index (κ1) is 13.3. The third-order valence-corrected chi connectivity index (χ3v) is 3.84. The van der Waals surface area contributed by atoms with Gasteiger partial charge in [-0.25, -0.2) is 4.39 Å². The Balaban J connectivity index is 2.03. The van der Waals surface area contributed by atoms with Crippen LogP contribution in [0.2, 0.25) is 0 Å². The smallest absolute Gasteiger partial charge is 0.253 e. The molecule has 0 spiro atoms. The van der Waals surface area contributed by atoms with Gasteiger partial charge in [0.2, 0.25) is 0 Å². The summed E-state index contributed by atoms with van der Waals surface area (Å²) in [5.74, 6) is -0.0119. The van der Waals surface area contributed by atoms with Crippen molar-refractivity contribution in [2.45, 2.75) is 25.1 Å². The molecule has 2 rings (SSSR count). The molecule has 0 radical (unpaired) electrons. The molecule has 0 saturated heterocycles. The molecule has 1 amide bonds. The number of halogens is 2. The molecule has 0 N–H and O–H groups in total. The van der Waals surface area contributed by atoms with Crippen molar-refractivity contribution < 1.29 is 9.18 Å². The standard InChI is InChI=1S/C14H17ClFNO/c1-9-3-4-12(16)7-13(9)14(18)17(2)8-10-5-11(15)6-10/h3-4,7,10-11H,5-6,8H2,1-2H3. The SMILES string of the molecule is Cc1ccc(F)cc1C(=O)N(C)CC1CC(Cl)C1. The van der Waals surface area contributed by atoms with Gasteiger partial charge in [-0.2, -0.15) is 0 Å². The topological polar surface area (TPSA) is 20.3 Å². The van der Waals surface area contributed by atoms with Crippen molar-refractivity contribution in [1.29, 1.82) is 0 Å². The van der Waals surface area contributed by atoms with Crippen LogP contribution in [-0.2, 0) is 0 Å². The van der Waals surface area contributed by atoms with Gasteiger partial charge in [-0.15, -0.1) is 11.6 Å². The van der Waals surface area contributed by atoms with Crippen molar-refractivity contribution >= 4 is 17.5 Å². The van der Waals surface area contributed by atoms with Gasteiger partial charge in [0.15, 0.2) is 0 Å². The fraction of sp³-hybridized carbons (Fsp3) is 0.500. The summed E-state index contributed by atoms with van der Waals surface area (Å²) in [6.45, 7) is 2.51. The Morgan fingerprint density at radius 3 is 2.78 bits per heavy atom. The van der Waals surface area contributed by atoms with E-state index < -0.39 is 0 Å². The molecule has 2 nitrogen and oxygen atoms in total. The Hall–Kier alpha value is -1.09. The zero-order valence-corrected chi connectivity index (χ0v) is 11.4. The Morgan fingerprint density at radius 2 is 2.17 bits per heavy atom. The Bertz CT molecular complexity index is 457. The number of hydrogen-bond donors (Lipinski definition) is 0. The maximum Gasteiger partial charge on any atom is 0.253 e. The molecule has 18 heavy (non-hydrogen) atoms. The molecule has 1 aliphatic carbocycles. The average Bonchev–Trinajstić information content (AvgIpc) is 2.29. The monoisotopic (exact) mass is 269 g/mol. The van der Waals surface area contributed by atoms with Crippen LogP contribution >= 0.6 is 11.6 Å². The van der Waals surface area contributed by atoms with Crippen LogP contribution in [0, 0.1) is 18.7 Å². The minimum Gasteiger partial charge on any atom is -0.341 e. The van der Waals surface area contributed by atoms with Gasteiger partial charge in [0, 0.05) is 24.5 Å². The summed E-state index contributed by atoms with van der Waals surface area (Å²) >= 11 is 5.92. The fourth-order valence-electron chi connectivity index (χ4n) is 2.30. The van der Waals surface area contributed by atoms with E-state index in [9.17, 15) is 9.18 Å². The highest BCUT2D eigenvalue weighted by Gasteiger charge is 2.29. The largest absolute Gasteiger partial charge is 0.341 e. The number of aryl methyl sites for hydroxylation is 1. The molecular formula is C14H17ClFNO. The highest BCUT2D eigenvalue weighted by molar-refractivity contribution is 6.21. The number of amides is 1. The molecule has 98 valence electrons. The first-order chi connectivity index (χ1) is 8.47. The maximum absolute atomic E-state index is 13.2. The zero-order chi connectivity index (χ0) is 13.3. The predicted octanol–water partition coefficient (Wildman–Crippen LogP) is 3.22. The molecule has 4 heteroatoms. The normalized spacial score (nSPS) is 22.4. The summed E-state index contributed by atoms with van der Waals surface area (Å²) in [5, 5.41) is 0.259. The van der Waals surface area contributed by atoms with Crippen LogP contribution in [0.1, 0.15) is 28.8 Å². The van der Waals surface area contributed by atoms with Gasteiger partial charge in [0.1, 0.15) is 5.82 Å². The van der Waals surface area contributed by atoms with Crippen LogP contribution in [-0.4, -0.2) is 29.8 Å². The van der Waals surface area contributed by atoms with E-state index in [4.69, 9.17) is 11.6 Å². The fourth-order valence-corrected chi connectivity index (χ4v) is 2.81. The first-order valence-corrected chi connectivity index (χ1v) is 6.56. The molecular weight excluding hydrogens is 253 g/mol. The summed E-state index contributed by atoms with van der Waals surface area (Å²) in [6, 6.07) is 4.31. The van der Waals surface area contributed by atoms with Crippen LogP contribution in [0.4, 0.5) is 4.39 Å². The lowest BCUT2D eigenvalue weighted by Gasteiger charge is -2.34. The van der Waals surface area contributed by atoms with Crippen LogP contribution in [0.3, 0.4) is 0 Å². The van der Waals surface area contributed by atoms with Crippen LogP contribution in [0.25, 0.3) is 0 Å². The number of benzene rings is 1. The Labute approximate surface area is 112 Å². The Morgan fingerprint density at radius 1 is 1.50 bits per heavy atom. The van der Waals surface area contributed by atoms with E-state index in [0.717, 1.165) is 18.4 Å². The minimum atomic E-state index is -0.373. The maximum atomic E-state index is 13.2. The molecule has 1 aromatic rings. The van der Waals surface area contributed by atoms with Crippen molar-refractivity contribution in [3.63, 3.8) is 0 Å². The van der Waals surface area contributed by atoms with Gasteiger partial charge in [-0.1, -0.05) is 6.07 Å². The molecule has 1 fully saturated rings. The van der Waals surface area contributed by atoms with Gasteiger partial charge in [0.25, 0.3) is 5.91 Å². The summed E-state index contributed by atoms with van der Waals surface area (Å²) < 4.78 is 13.2. The van der Waals surface area contributed by atoms with Crippen molar-refractivity contribution in [2.24, 2.45) is 5.92 Å². The van der Waals surface area contributed by atoms with E-state index in [1.807, 2.05) is 6.92 Å². The number of alkyl halides is 1. The molecule has 0 unspecified atom stereocenters. The average molecular weight is 270 g/mol. The van der Waals surface area contributed by atoms with Crippen LogP contribution < -0.4 is 0 Å². The van der Waals surface area contributed by atoms with E-state index in [0.29, 0.717) is 18.0 Å². The van der Waals surface area contributed by atoms with Gasteiger partial charge in [-0.3, -0.25) is 4.79 Å². The lowest BCUT2D eigenvalue weighted by atomic mass is 9.84. The van der Waals surface area contributed by atoms with E-state index in [1.165, 1.54) is 12.1 Å². The highest BCUT2D eigenvalue weighted by Crippen LogP contribution is 2.32. The Kier molecular flexibility index (Phi) is 3.91. The minimum absolute atomic E-state index is 0.120. The lowest BCUT2D eigenvalue weighted by Crippen LogP contribution is -2.38. The van der Waals surface area contributed by atoms with Crippen molar-refractivity contribution in [1.82, 2.24) is 4.90 Å². The van der Waals surface area contributed by atoms with Crippen molar-refractivity contribution in [2.75, 3.05) is 13.6 Å². The third-order valence-electron chi connectivity index (χ3n) is 3.49. The number of carbonyl (C=O) groups is 1. The lowest BCUT2D eigenvalue weighted by molar-refractivity contribution is 0.0745. The molecule has 0 aliphatic heterocycles. The molecule has 0 bridgehead atoms. The van der Waals surface area contributed by atoms with Gasteiger partial charge in [0.05, 0.1) is 0 Å². The molecule has 0 heterocycles.